The van der Waals surface area contributed by atoms with Gasteiger partial charge in [0.25, 0.3) is 0 Å². The summed E-state index contributed by atoms with van der Waals surface area (Å²) < 4.78 is 0. The highest BCUT2D eigenvalue weighted by atomic mass is 15.1. The van der Waals surface area contributed by atoms with Crippen molar-refractivity contribution in [2.75, 3.05) is 25.4 Å². The minimum atomic E-state index is 0.943. The molecule has 100 valence electrons. The Kier molecular flexibility index (Phi) is 5.06. The summed E-state index contributed by atoms with van der Waals surface area (Å²) in [6, 6.07) is 8.25. The lowest BCUT2D eigenvalue weighted by Crippen LogP contribution is -2.35. The van der Waals surface area contributed by atoms with Gasteiger partial charge < -0.3 is 10.6 Å². The van der Waals surface area contributed by atoms with Crippen molar-refractivity contribution in [3.63, 3.8) is 0 Å². The van der Waals surface area contributed by atoms with E-state index in [1.165, 1.54) is 44.3 Å². The number of nitrogens with two attached hydrogens (primary N) is 1. The van der Waals surface area contributed by atoms with Gasteiger partial charge in [0.05, 0.1) is 0 Å². The van der Waals surface area contributed by atoms with E-state index in [4.69, 9.17) is 5.73 Å². The van der Waals surface area contributed by atoms with Crippen LogP contribution in [-0.4, -0.2) is 24.5 Å². The number of nitrogens with zero attached hydrogens (tertiary/aromatic N) is 1. The van der Waals surface area contributed by atoms with Crippen molar-refractivity contribution in [3.05, 3.63) is 29.8 Å². The molecule has 0 aromatic heterocycles. The van der Waals surface area contributed by atoms with Crippen molar-refractivity contribution in [1.82, 2.24) is 4.90 Å². The summed E-state index contributed by atoms with van der Waals surface area (Å²) in [5.41, 5.74) is 8.22. The van der Waals surface area contributed by atoms with Gasteiger partial charge in [-0.3, -0.25) is 0 Å². The lowest BCUT2D eigenvalue weighted by atomic mass is 9.92. The molecule has 1 fully saturated rings. The van der Waals surface area contributed by atoms with Crippen molar-refractivity contribution in [2.24, 2.45) is 5.92 Å². The normalized spacial score (nSPS) is 18.1. The number of likely N-dealkylation sites (tertiary alicyclic amines) is 1. The number of nitrogen functional groups attached to an aromatic ring is 1. The molecule has 1 heterocycles. The predicted molar refractivity (Wildman–Crippen MR) is 78.6 cm³/mol. The van der Waals surface area contributed by atoms with Crippen LogP contribution in [-0.2, 0) is 6.42 Å². The van der Waals surface area contributed by atoms with Gasteiger partial charge >= 0.3 is 0 Å². The minimum absolute atomic E-state index is 0.943. The van der Waals surface area contributed by atoms with E-state index in [1.54, 1.807) is 0 Å². The maximum absolute atomic E-state index is 5.98. The second-order valence-corrected chi connectivity index (χ2v) is 5.52. The molecule has 2 nitrogen and oxygen atoms in total. The van der Waals surface area contributed by atoms with Gasteiger partial charge in [0.1, 0.15) is 0 Å². The molecule has 0 spiro atoms. The zero-order valence-electron chi connectivity index (χ0n) is 11.6. The fraction of sp³-hybridized carbons (Fsp3) is 0.625. The third-order valence-corrected chi connectivity index (χ3v) is 4.16. The first-order chi connectivity index (χ1) is 8.79. The minimum Gasteiger partial charge on any atom is -0.399 e. The highest BCUT2D eigenvalue weighted by molar-refractivity contribution is 5.46. The van der Waals surface area contributed by atoms with Crippen LogP contribution in [0.4, 0.5) is 5.69 Å². The monoisotopic (exact) mass is 246 g/mol. The van der Waals surface area contributed by atoms with Crippen molar-refractivity contribution >= 4 is 5.69 Å². The predicted octanol–water partition coefficient (Wildman–Crippen LogP) is 3.32. The van der Waals surface area contributed by atoms with Crippen LogP contribution >= 0.6 is 0 Å². The molecule has 1 aliphatic rings. The van der Waals surface area contributed by atoms with Gasteiger partial charge in [-0.05, 0) is 49.9 Å². The Morgan fingerprint density at radius 1 is 1.22 bits per heavy atom. The third-order valence-electron chi connectivity index (χ3n) is 4.16. The first-order valence-electron chi connectivity index (χ1n) is 7.35. The molecular weight excluding hydrogens is 220 g/mol. The topological polar surface area (TPSA) is 29.3 Å². The molecule has 0 aliphatic carbocycles. The van der Waals surface area contributed by atoms with Gasteiger partial charge in [-0.25, -0.2) is 0 Å². The molecule has 2 N–H and O–H groups in total. The Hall–Kier alpha value is -1.02. The number of piperidine rings is 1. The van der Waals surface area contributed by atoms with Crippen LogP contribution in [0.1, 0.15) is 38.2 Å². The van der Waals surface area contributed by atoms with Crippen LogP contribution in [0.5, 0.6) is 0 Å². The zero-order chi connectivity index (χ0) is 12.8. The van der Waals surface area contributed by atoms with Crippen molar-refractivity contribution in [3.8, 4) is 0 Å². The van der Waals surface area contributed by atoms with Gasteiger partial charge in [0, 0.05) is 12.2 Å². The number of para-hydroxylation sites is 1. The number of hydrogen-bond acceptors (Lipinski definition) is 2. The van der Waals surface area contributed by atoms with E-state index >= 15 is 0 Å². The Bertz CT molecular complexity index is 354. The molecule has 1 aliphatic heterocycles. The average molecular weight is 246 g/mol. The largest absolute Gasteiger partial charge is 0.399 e. The SMILES string of the molecule is CCCC1CCN(CCc2ccccc2N)CC1. The zero-order valence-corrected chi connectivity index (χ0v) is 11.6. The molecule has 2 rings (SSSR count). The van der Waals surface area contributed by atoms with Gasteiger partial charge in [0.2, 0.25) is 0 Å². The van der Waals surface area contributed by atoms with E-state index in [9.17, 15) is 0 Å². The van der Waals surface area contributed by atoms with Crippen LogP contribution in [0.25, 0.3) is 0 Å². The van der Waals surface area contributed by atoms with Crippen molar-refractivity contribution < 1.29 is 0 Å². The molecule has 2 heteroatoms. The van der Waals surface area contributed by atoms with E-state index in [1.807, 2.05) is 12.1 Å². The summed E-state index contributed by atoms with van der Waals surface area (Å²) in [7, 11) is 0. The maximum Gasteiger partial charge on any atom is 0.0347 e. The van der Waals surface area contributed by atoms with Crippen molar-refractivity contribution in [1.29, 1.82) is 0 Å². The van der Waals surface area contributed by atoms with Crippen LogP contribution in [0.15, 0.2) is 24.3 Å². The molecular formula is C16H26N2. The highest BCUT2D eigenvalue weighted by Gasteiger charge is 2.18. The van der Waals surface area contributed by atoms with Gasteiger partial charge in [-0.15, -0.1) is 0 Å². The lowest BCUT2D eigenvalue weighted by Gasteiger charge is -2.31. The molecule has 0 atom stereocenters. The molecule has 18 heavy (non-hydrogen) atoms. The first-order valence-corrected chi connectivity index (χ1v) is 7.35. The molecule has 0 radical (unpaired) electrons. The smallest absolute Gasteiger partial charge is 0.0347 e. The molecule has 0 amide bonds. The molecule has 0 unspecified atom stereocenters. The fourth-order valence-corrected chi connectivity index (χ4v) is 2.95. The quantitative estimate of drug-likeness (QED) is 0.808. The van der Waals surface area contributed by atoms with Gasteiger partial charge in [-0.2, -0.15) is 0 Å². The summed E-state index contributed by atoms with van der Waals surface area (Å²) in [6.45, 7) is 6.01. The Morgan fingerprint density at radius 3 is 2.61 bits per heavy atom. The van der Waals surface area contributed by atoms with E-state index in [0.29, 0.717) is 0 Å². The number of anilines is 1. The van der Waals surface area contributed by atoms with E-state index in [2.05, 4.69) is 24.0 Å². The Balaban J connectivity index is 1.74. The first kappa shape index (κ1) is 13.4. The second kappa shape index (κ2) is 6.79. The molecule has 1 saturated heterocycles. The van der Waals surface area contributed by atoms with Crippen LogP contribution in [0.2, 0.25) is 0 Å². The maximum atomic E-state index is 5.98. The number of benzene rings is 1. The molecule has 1 aromatic rings. The van der Waals surface area contributed by atoms with E-state index in [-0.39, 0.29) is 0 Å². The van der Waals surface area contributed by atoms with Crippen LogP contribution in [0.3, 0.4) is 0 Å². The summed E-state index contributed by atoms with van der Waals surface area (Å²) >= 11 is 0. The van der Waals surface area contributed by atoms with E-state index in [0.717, 1.165) is 24.6 Å². The lowest BCUT2D eigenvalue weighted by molar-refractivity contribution is 0.180. The fourth-order valence-electron chi connectivity index (χ4n) is 2.95. The summed E-state index contributed by atoms with van der Waals surface area (Å²) in [5.74, 6) is 0.980. The van der Waals surface area contributed by atoms with E-state index < -0.39 is 0 Å². The summed E-state index contributed by atoms with van der Waals surface area (Å²) in [5, 5.41) is 0. The summed E-state index contributed by atoms with van der Waals surface area (Å²) in [6.07, 6.45) is 6.62. The number of hydrogen-bond donors (Lipinski definition) is 1. The van der Waals surface area contributed by atoms with Gasteiger partial charge in [-0.1, -0.05) is 38.0 Å². The Morgan fingerprint density at radius 2 is 1.94 bits per heavy atom. The molecule has 1 aromatic carbocycles. The Labute approximate surface area is 111 Å². The van der Waals surface area contributed by atoms with Crippen LogP contribution < -0.4 is 5.73 Å². The third kappa shape index (κ3) is 3.74. The standard InChI is InChI=1S/C16H26N2/c1-2-5-14-8-11-18(12-9-14)13-10-15-6-3-4-7-16(15)17/h3-4,6-7,14H,2,5,8-13,17H2,1H3. The van der Waals surface area contributed by atoms with Crippen molar-refractivity contribution in [2.45, 2.75) is 39.0 Å². The van der Waals surface area contributed by atoms with Crippen LogP contribution in [0, 0.1) is 5.92 Å². The molecule has 0 saturated carbocycles. The second-order valence-electron chi connectivity index (χ2n) is 5.52. The highest BCUT2D eigenvalue weighted by Crippen LogP contribution is 2.22. The van der Waals surface area contributed by atoms with Gasteiger partial charge in [0.15, 0.2) is 0 Å². The number of rotatable bonds is 5. The average Bonchev–Trinajstić information content (AvgIpc) is 2.40. The summed E-state index contributed by atoms with van der Waals surface area (Å²) in [4.78, 5) is 2.60. The molecule has 0 bridgehead atoms.